The van der Waals surface area contributed by atoms with Crippen LogP contribution in [0, 0.1) is 12.8 Å². The first-order valence-electron chi connectivity index (χ1n) is 11.3. The molecule has 0 radical (unpaired) electrons. The fourth-order valence-electron chi connectivity index (χ4n) is 4.11. The summed E-state index contributed by atoms with van der Waals surface area (Å²) >= 11 is 0. The van der Waals surface area contributed by atoms with Gasteiger partial charge in [-0.05, 0) is 55.4 Å². The number of nitrogens with one attached hydrogen (secondary N) is 1. The zero-order valence-electron chi connectivity index (χ0n) is 18.8. The molecule has 1 atom stereocenters. The average molecular weight is 443 g/mol. The second kappa shape index (κ2) is 10.4. The summed E-state index contributed by atoms with van der Waals surface area (Å²) in [6.07, 6.45) is 4.69. The third-order valence-corrected chi connectivity index (χ3v) is 7.77. The van der Waals surface area contributed by atoms with Crippen molar-refractivity contribution >= 4 is 15.9 Å². The van der Waals surface area contributed by atoms with Crippen LogP contribution in [0.5, 0.6) is 0 Å². The van der Waals surface area contributed by atoms with E-state index in [2.05, 4.69) is 19.2 Å². The van der Waals surface area contributed by atoms with Crippen molar-refractivity contribution < 1.29 is 13.2 Å². The lowest BCUT2D eigenvalue weighted by atomic mass is 9.96. The predicted octanol–water partition coefficient (Wildman–Crippen LogP) is 5.08. The molecule has 1 heterocycles. The Kier molecular flexibility index (Phi) is 7.89. The van der Waals surface area contributed by atoms with Gasteiger partial charge in [-0.3, -0.25) is 4.79 Å². The molecule has 0 aliphatic carbocycles. The van der Waals surface area contributed by atoms with E-state index < -0.39 is 10.0 Å². The first-order chi connectivity index (χ1) is 14.8. The van der Waals surface area contributed by atoms with Crippen LogP contribution in [0.25, 0.3) is 0 Å². The van der Waals surface area contributed by atoms with Crippen LogP contribution in [-0.2, 0) is 10.0 Å². The molecule has 2 aromatic rings. The number of nitrogens with zero attached hydrogens (tertiary/aromatic N) is 1. The second-order valence-corrected chi connectivity index (χ2v) is 10.8. The molecule has 0 spiro atoms. The summed E-state index contributed by atoms with van der Waals surface area (Å²) in [6, 6.07) is 14.7. The van der Waals surface area contributed by atoms with Gasteiger partial charge in [-0.2, -0.15) is 4.31 Å². The van der Waals surface area contributed by atoms with Crippen LogP contribution < -0.4 is 5.32 Å². The SMILES string of the molecule is Cc1ccc(S(=O)(=O)N2CCCCCC2)cc1C(=O)N[C@@H](CC(C)C)c1ccccc1. The number of carbonyl (C=O) groups is 1. The van der Waals surface area contributed by atoms with Gasteiger partial charge in [0.05, 0.1) is 10.9 Å². The molecular weight excluding hydrogens is 408 g/mol. The fourth-order valence-corrected chi connectivity index (χ4v) is 5.65. The van der Waals surface area contributed by atoms with Gasteiger partial charge in [-0.15, -0.1) is 0 Å². The molecule has 1 amide bonds. The Morgan fingerprint density at radius 3 is 2.26 bits per heavy atom. The third-order valence-electron chi connectivity index (χ3n) is 5.87. The number of aryl methyl sites for hydroxylation is 1. The van der Waals surface area contributed by atoms with Gasteiger partial charge in [0.2, 0.25) is 10.0 Å². The standard InChI is InChI=1S/C25H34N2O3S/c1-19(2)17-24(21-11-7-6-8-12-21)26-25(28)23-18-22(14-13-20(23)3)31(29,30)27-15-9-4-5-10-16-27/h6-8,11-14,18-19,24H,4-5,9-10,15-17H2,1-3H3,(H,26,28)/t24-/m0/s1. The van der Waals surface area contributed by atoms with Crippen LogP contribution in [0.2, 0.25) is 0 Å². The molecule has 0 saturated carbocycles. The van der Waals surface area contributed by atoms with Crippen molar-refractivity contribution in [2.45, 2.75) is 63.8 Å². The summed E-state index contributed by atoms with van der Waals surface area (Å²) in [5.41, 5.74) is 2.24. The smallest absolute Gasteiger partial charge is 0.252 e. The van der Waals surface area contributed by atoms with Crippen molar-refractivity contribution in [3.8, 4) is 0 Å². The maximum Gasteiger partial charge on any atom is 0.252 e. The van der Waals surface area contributed by atoms with Gasteiger partial charge in [0.25, 0.3) is 5.91 Å². The highest BCUT2D eigenvalue weighted by molar-refractivity contribution is 7.89. The molecule has 0 bridgehead atoms. The van der Waals surface area contributed by atoms with Gasteiger partial charge >= 0.3 is 0 Å². The molecular formula is C25H34N2O3S. The van der Waals surface area contributed by atoms with Crippen molar-refractivity contribution in [1.82, 2.24) is 9.62 Å². The van der Waals surface area contributed by atoms with E-state index in [1.165, 1.54) is 0 Å². The molecule has 1 fully saturated rings. The minimum absolute atomic E-state index is 0.126. The Bertz CT molecular complexity index is 979. The van der Waals surface area contributed by atoms with Crippen molar-refractivity contribution in [2.24, 2.45) is 5.92 Å². The molecule has 0 aromatic heterocycles. The minimum Gasteiger partial charge on any atom is -0.345 e. The maximum absolute atomic E-state index is 13.2. The average Bonchev–Trinajstić information content (AvgIpc) is 3.04. The number of hydrogen-bond acceptors (Lipinski definition) is 3. The molecule has 0 unspecified atom stereocenters. The first kappa shape index (κ1) is 23.5. The molecule has 2 aromatic carbocycles. The second-order valence-electron chi connectivity index (χ2n) is 8.86. The van der Waals surface area contributed by atoms with Crippen LogP contribution in [0.4, 0.5) is 0 Å². The van der Waals surface area contributed by atoms with E-state index in [4.69, 9.17) is 0 Å². The van der Waals surface area contributed by atoms with Crippen molar-refractivity contribution in [3.63, 3.8) is 0 Å². The van der Waals surface area contributed by atoms with E-state index in [0.29, 0.717) is 24.6 Å². The number of sulfonamides is 1. The number of benzene rings is 2. The Morgan fingerprint density at radius 2 is 1.65 bits per heavy atom. The lowest BCUT2D eigenvalue weighted by Gasteiger charge is -2.23. The Morgan fingerprint density at radius 1 is 1.00 bits per heavy atom. The van der Waals surface area contributed by atoms with E-state index in [1.807, 2.05) is 37.3 Å². The molecule has 3 rings (SSSR count). The van der Waals surface area contributed by atoms with E-state index in [-0.39, 0.29) is 16.8 Å². The summed E-state index contributed by atoms with van der Waals surface area (Å²) in [5, 5.41) is 3.14. The monoisotopic (exact) mass is 442 g/mol. The quantitative estimate of drug-likeness (QED) is 0.650. The van der Waals surface area contributed by atoms with Gasteiger partial charge < -0.3 is 5.32 Å². The normalized spacial score (nSPS) is 16.6. The predicted molar refractivity (Wildman–Crippen MR) is 125 cm³/mol. The minimum atomic E-state index is -3.60. The Balaban J connectivity index is 1.87. The number of carbonyl (C=O) groups excluding carboxylic acids is 1. The largest absolute Gasteiger partial charge is 0.345 e. The lowest BCUT2D eigenvalue weighted by molar-refractivity contribution is 0.0931. The molecule has 6 heteroatoms. The van der Waals surface area contributed by atoms with Crippen LogP contribution in [0.15, 0.2) is 53.4 Å². The summed E-state index contributed by atoms with van der Waals surface area (Å²) in [5.74, 6) is 0.168. The fraction of sp³-hybridized carbons (Fsp3) is 0.480. The zero-order chi connectivity index (χ0) is 22.4. The topological polar surface area (TPSA) is 66.5 Å². The van der Waals surface area contributed by atoms with Crippen LogP contribution in [-0.4, -0.2) is 31.7 Å². The van der Waals surface area contributed by atoms with E-state index in [9.17, 15) is 13.2 Å². The number of rotatable bonds is 7. The van der Waals surface area contributed by atoms with Gasteiger partial charge in [0.1, 0.15) is 0 Å². The summed E-state index contributed by atoms with van der Waals surface area (Å²) in [6.45, 7) is 7.19. The molecule has 1 N–H and O–H groups in total. The molecule has 1 aliphatic heterocycles. The summed E-state index contributed by atoms with van der Waals surface area (Å²) < 4.78 is 28.0. The molecule has 31 heavy (non-hydrogen) atoms. The van der Waals surface area contributed by atoms with E-state index in [1.54, 1.807) is 22.5 Å². The van der Waals surface area contributed by atoms with Crippen LogP contribution in [0.3, 0.4) is 0 Å². The summed E-state index contributed by atoms with van der Waals surface area (Å²) in [7, 11) is -3.60. The molecule has 168 valence electrons. The van der Waals surface area contributed by atoms with Gasteiger partial charge in [-0.25, -0.2) is 8.42 Å². The van der Waals surface area contributed by atoms with Gasteiger partial charge in [-0.1, -0.05) is 63.1 Å². The van der Waals surface area contributed by atoms with Crippen molar-refractivity contribution in [2.75, 3.05) is 13.1 Å². The lowest BCUT2D eigenvalue weighted by Crippen LogP contribution is -2.33. The first-order valence-corrected chi connectivity index (χ1v) is 12.7. The molecule has 1 aliphatic rings. The maximum atomic E-state index is 13.2. The number of amides is 1. The highest BCUT2D eigenvalue weighted by atomic mass is 32.2. The third kappa shape index (κ3) is 5.95. The van der Waals surface area contributed by atoms with Crippen LogP contribution in [0.1, 0.15) is 73.5 Å². The van der Waals surface area contributed by atoms with E-state index >= 15 is 0 Å². The van der Waals surface area contributed by atoms with Crippen LogP contribution >= 0.6 is 0 Å². The highest BCUT2D eigenvalue weighted by Gasteiger charge is 2.27. The van der Waals surface area contributed by atoms with Crippen molar-refractivity contribution in [1.29, 1.82) is 0 Å². The van der Waals surface area contributed by atoms with E-state index in [0.717, 1.165) is 43.2 Å². The van der Waals surface area contributed by atoms with Gasteiger partial charge in [0, 0.05) is 18.7 Å². The summed E-state index contributed by atoms with van der Waals surface area (Å²) in [4.78, 5) is 13.4. The zero-order valence-corrected chi connectivity index (χ0v) is 19.6. The molecule has 1 saturated heterocycles. The number of hydrogen-bond donors (Lipinski definition) is 1. The Hall–Kier alpha value is -2.18. The van der Waals surface area contributed by atoms with Gasteiger partial charge in [0.15, 0.2) is 0 Å². The molecule has 5 nitrogen and oxygen atoms in total. The van der Waals surface area contributed by atoms with Crippen molar-refractivity contribution in [3.05, 3.63) is 65.2 Å². The highest BCUT2D eigenvalue weighted by Crippen LogP contribution is 2.25. The Labute approximate surface area is 186 Å².